The number of nitrogens with zero attached hydrogens (tertiary/aromatic N) is 5. The summed E-state index contributed by atoms with van der Waals surface area (Å²) in [6, 6.07) is 26.9. The summed E-state index contributed by atoms with van der Waals surface area (Å²) in [7, 11) is 3.10. The fourth-order valence-electron chi connectivity index (χ4n) is 7.32. The van der Waals surface area contributed by atoms with Crippen molar-refractivity contribution in [1.82, 2.24) is 14.8 Å². The number of carbonyl (C=O) groups excluding carboxylic acids is 2. The molecule has 11 heteroatoms. The van der Waals surface area contributed by atoms with Gasteiger partial charge in [-0.25, -0.2) is 0 Å². The molecule has 55 heavy (non-hydrogen) atoms. The highest BCUT2D eigenvalue weighted by Gasteiger charge is 2.33. The second kappa shape index (κ2) is 15.5. The molecule has 0 saturated carbocycles. The monoisotopic (exact) mass is 735 g/mol. The molecule has 0 N–H and O–H groups in total. The summed E-state index contributed by atoms with van der Waals surface area (Å²) >= 11 is 0. The van der Waals surface area contributed by atoms with Crippen molar-refractivity contribution >= 4 is 35.6 Å². The smallest absolute Gasteiger partial charge is 0.257 e. The molecule has 4 heterocycles. The van der Waals surface area contributed by atoms with Gasteiger partial charge in [0.1, 0.15) is 13.2 Å². The molecular formula is C44H41N5O6. The standard InChI is InChI=1S/C44H41N5O6/c1-4-29-9-5-7-11-31(29)24-48-16-15-46-37-21-41(39(52-2)19-35(37)43(48)50)54-26-28-13-14-45-33(17-28)27-55-42-22-38-36(20-40(42)53-3)44(51)49-25-32-12-8-6-10-30(32)18-34(49)23-47-38/h5-15,17,19-23,34H,4,16,18,24-27H2,1-3H3. The van der Waals surface area contributed by atoms with Gasteiger partial charge in [-0.3, -0.25) is 24.6 Å². The van der Waals surface area contributed by atoms with Gasteiger partial charge in [0, 0.05) is 43.8 Å². The maximum atomic E-state index is 13.8. The van der Waals surface area contributed by atoms with Crippen molar-refractivity contribution in [2.75, 3.05) is 20.8 Å². The van der Waals surface area contributed by atoms with Gasteiger partial charge in [-0.15, -0.1) is 0 Å². The van der Waals surface area contributed by atoms with E-state index in [0.29, 0.717) is 77.2 Å². The second-order valence-electron chi connectivity index (χ2n) is 13.6. The molecule has 0 radical (unpaired) electrons. The number of fused-ring (bicyclic) bond motifs is 4. The van der Waals surface area contributed by atoms with Crippen molar-refractivity contribution in [3.8, 4) is 23.0 Å². The van der Waals surface area contributed by atoms with Crippen LogP contribution >= 0.6 is 0 Å². The van der Waals surface area contributed by atoms with Crippen LogP contribution in [0.3, 0.4) is 0 Å². The van der Waals surface area contributed by atoms with Crippen molar-refractivity contribution in [3.05, 3.63) is 136 Å². The van der Waals surface area contributed by atoms with E-state index in [1.54, 1.807) is 55.8 Å². The molecule has 0 bridgehead atoms. The Kier molecular flexibility index (Phi) is 9.99. The zero-order valence-corrected chi connectivity index (χ0v) is 31.0. The van der Waals surface area contributed by atoms with Gasteiger partial charge in [0.2, 0.25) is 0 Å². The van der Waals surface area contributed by atoms with Crippen LogP contribution in [0.2, 0.25) is 0 Å². The molecule has 4 aromatic carbocycles. The number of rotatable bonds is 11. The first-order chi connectivity index (χ1) is 26.9. The molecule has 2 amide bonds. The van der Waals surface area contributed by atoms with E-state index in [4.69, 9.17) is 23.9 Å². The van der Waals surface area contributed by atoms with Crippen molar-refractivity contribution in [1.29, 1.82) is 0 Å². The maximum Gasteiger partial charge on any atom is 0.257 e. The van der Waals surface area contributed by atoms with E-state index in [2.05, 4.69) is 41.2 Å². The first-order valence-corrected chi connectivity index (χ1v) is 18.4. The van der Waals surface area contributed by atoms with Crippen LogP contribution in [-0.2, 0) is 39.1 Å². The van der Waals surface area contributed by atoms with Crippen LogP contribution < -0.4 is 18.9 Å². The van der Waals surface area contributed by atoms with Gasteiger partial charge in [-0.1, -0.05) is 55.5 Å². The topological polar surface area (TPSA) is 115 Å². The number of carbonyl (C=O) groups is 2. The molecule has 0 fully saturated rings. The predicted octanol–water partition coefficient (Wildman–Crippen LogP) is 7.46. The number of amides is 2. The first kappa shape index (κ1) is 35.5. The number of benzene rings is 4. The fraction of sp³-hybridized carbons (Fsp3) is 0.250. The van der Waals surface area contributed by atoms with Crippen molar-refractivity contribution < 1.29 is 28.5 Å². The van der Waals surface area contributed by atoms with Crippen molar-refractivity contribution in [3.63, 3.8) is 0 Å². The molecule has 0 spiro atoms. The third-order valence-corrected chi connectivity index (χ3v) is 10.3. The number of aromatic nitrogens is 1. The van der Waals surface area contributed by atoms with Gasteiger partial charge in [-0.05, 0) is 64.9 Å². The van der Waals surface area contributed by atoms with Gasteiger partial charge in [0.15, 0.2) is 23.0 Å². The summed E-state index contributed by atoms with van der Waals surface area (Å²) in [5, 5.41) is 0. The molecule has 0 saturated heterocycles. The number of aliphatic imine (C=N–C) groups is 2. The van der Waals surface area contributed by atoms with E-state index in [9.17, 15) is 9.59 Å². The highest BCUT2D eigenvalue weighted by atomic mass is 16.5. The largest absolute Gasteiger partial charge is 0.493 e. The minimum atomic E-state index is -0.134. The Morgan fingerprint density at radius 1 is 0.727 bits per heavy atom. The Morgan fingerprint density at radius 3 is 2.15 bits per heavy atom. The quantitative estimate of drug-likeness (QED) is 0.138. The minimum Gasteiger partial charge on any atom is -0.493 e. The number of pyridine rings is 1. The molecule has 1 atom stereocenters. The Hall–Kier alpha value is -6.49. The summed E-state index contributed by atoms with van der Waals surface area (Å²) in [5.41, 5.74) is 8.22. The Labute approximate surface area is 319 Å². The maximum absolute atomic E-state index is 13.8. The molecule has 0 aliphatic carbocycles. The molecule has 11 nitrogen and oxygen atoms in total. The average Bonchev–Trinajstić information content (AvgIpc) is 3.45. The number of hydrogen-bond donors (Lipinski definition) is 0. The lowest BCUT2D eigenvalue weighted by Gasteiger charge is -2.34. The molecule has 278 valence electrons. The Morgan fingerprint density at radius 2 is 1.40 bits per heavy atom. The van der Waals surface area contributed by atoms with E-state index < -0.39 is 0 Å². The molecular weight excluding hydrogens is 695 g/mol. The third-order valence-electron chi connectivity index (χ3n) is 10.3. The third kappa shape index (κ3) is 7.25. The van der Waals surface area contributed by atoms with Crippen LogP contribution in [0, 0.1) is 0 Å². The van der Waals surface area contributed by atoms with Crippen LogP contribution in [0.25, 0.3) is 0 Å². The molecule has 5 aromatic rings. The molecule has 3 aliphatic rings. The van der Waals surface area contributed by atoms with Crippen LogP contribution in [0.5, 0.6) is 23.0 Å². The van der Waals surface area contributed by atoms with Crippen LogP contribution in [-0.4, -0.2) is 65.8 Å². The highest BCUT2D eigenvalue weighted by Crippen LogP contribution is 2.40. The average molecular weight is 736 g/mol. The number of methoxy groups -OCH3 is 2. The minimum absolute atomic E-state index is 0.0914. The molecule has 8 rings (SSSR count). The zero-order valence-electron chi connectivity index (χ0n) is 31.0. The summed E-state index contributed by atoms with van der Waals surface area (Å²) in [4.78, 5) is 45.0. The number of hydrogen-bond acceptors (Lipinski definition) is 9. The van der Waals surface area contributed by atoms with E-state index in [1.165, 1.54) is 11.1 Å². The fourth-order valence-corrected chi connectivity index (χ4v) is 7.32. The zero-order chi connectivity index (χ0) is 37.9. The SMILES string of the molecule is CCc1ccccc1CN1CC=Nc2cc(OCc3ccnc(COc4cc5c(cc4OC)C(=O)N4Cc6ccccc6CC4C=N5)c3)c(OC)cc2C1=O. The van der Waals surface area contributed by atoms with Gasteiger partial charge in [0.05, 0.1) is 55.0 Å². The number of aryl methyl sites for hydroxylation is 1. The summed E-state index contributed by atoms with van der Waals surface area (Å²) in [6.45, 7) is 3.88. The van der Waals surface area contributed by atoms with Crippen LogP contribution in [0.15, 0.2) is 101 Å². The van der Waals surface area contributed by atoms with Gasteiger partial charge in [0.25, 0.3) is 11.8 Å². The predicted molar refractivity (Wildman–Crippen MR) is 210 cm³/mol. The molecule has 1 aromatic heterocycles. The van der Waals surface area contributed by atoms with Crippen molar-refractivity contribution in [2.45, 2.75) is 52.1 Å². The van der Waals surface area contributed by atoms with E-state index in [0.717, 1.165) is 23.1 Å². The van der Waals surface area contributed by atoms with Crippen molar-refractivity contribution in [2.24, 2.45) is 9.98 Å². The summed E-state index contributed by atoms with van der Waals surface area (Å²) < 4.78 is 23.8. The van der Waals surface area contributed by atoms with Crippen LogP contribution in [0.4, 0.5) is 11.4 Å². The normalized spacial score (nSPS) is 15.7. The summed E-state index contributed by atoms with van der Waals surface area (Å²) in [6.07, 6.45) is 6.92. The molecule has 1 unspecified atom stereocenters. The lowest BCUT2D eigenvalue weighted by molar-refractivity contribution is 0.0702. The number of ether oxygens (including phenoxy) is 4. The van der Waals surface area contributed by atoms with E-state index in [-0.39, 0.29) is 31.1 Å². The highest BCUT2D eigenvalue weighted by molar-refractivity contribution is 6.04. The Balaban J connectivity index is 0.950. The van der Waals surface area contributed by atoms with Crippen LogP contribution in [0.1, 0.15) is 61.2 Å². The second-order valence-corrected chi connectivity index (χ2v) is 13.6. The van der Waals surface area contributed by atoms with E-state index >= 15 is 0 Å². The summed E-state index contributed by atoms with van der Waals surface area (Å²) in [5.74, 6) is 1.58. The lowest BCUT2D eigenvalue weighted by Crippen LogP contribution is -2.44. The Bertz CT molecular complexity index is 2340. The van der Waals surface area contributed by atoms with Gasteiger partial charge in [-0.2, -0.15) is 0 Å². The lowest BCUT2D eigenvalue weighted by atomic mass is 9.94. The van der Waals surface area contributed by atoms with Gasteiger partial charge >= 0.3 is 0 Å². The van der Waals surface area contributed by atoms with E-state index in [1.807, 2.05) is 47.5 Å². The van der Waals surface area contributed by atoms with Gasteiger partial charge < -0.3 is 28.7 Å². The first-order valence-electron chi connectivity index (χ1n) is 18.4. The molecule has 3 aliphatic heterocycles.